The molecule has 86 valence electrons. The number of nitrogens with zero attached hydrogens (tertiary/aromatic N) is 1. The summed E-state index contributed by atoms with van der Waals surface area (Å²) in [6.45, 7) is 5.76. The minimum atomic E-state index is -1.67. The highest BCUT2D eigenvalue weighted by atomic mass is 16.2. The number of amides is 1. The Bertz CT molecular complexity index is 505. The number of carbonyl (C=O) groups excluding carboxylic acids is 1. The second-order valence-corrected chi connectivity index (χ2v) is 5.36. The normalized spacial score (nSPS) is 17.9. The lowest BCUT2D eigenvalue weighted by Gasteiger charge is -2.35. The zero-order chi connectivity index (χ0) is 13.7. The maximum absolute atomic E-state index is 12.4. The van der Waals surface area contributed by atoms with Crippen LogP contribution in [-0.2, 0) is 16.6 Å². The van der Waals surface area contributed by atoms with E-state index in [0.717, 1.165) is 23.2 Å². The molecule has 0 aliphatic carbocycles. The molecule has 0 saturated heterocycles. The van der Waals surface area contributed by atoms with E-state index in [2.05, 4.69) is 6.92 Å². The van der Waals surface area contributed by atoms with Gasteiger partial charge in [0.05, 0.1) is 29.0 Å². The summed E-state index contributed by atoms with van der Waals surface area (Å²) < 4.78 is 0. The van der Waals surface area contributed by atoms with Crippen LogP contribution in [0, 0.1) is 0 Å². The summed E-state index contributed by atoms with van der Waals surface area (Å²) in [5.74, 6) is -0.168. The molecule has 1 heterocycles. The van der Waals surface area contributed by atoms with Gasteiger partial charge in [-0.1, -0.05) is 24.3 Å². The Morgan fingerprint density at radius 2 is 1.89 bits per heavy atom. The lowest BCUT2D eigenvalue weighted by atomic mass is 9.48. The SMILES string of the molecule is [B]C([B])([B])N1C(=O)C(C)(C)c2ccc(CC)cc21. The molecule has 0 N–H and O–H groups in total. The lowest BCUT2D eigenvalue weighted by Crippen LogP contribution is -2.54. The molecule has 6 radical (unpaired) electrons. The van der Waals surface area contributed by atoms with Crippen LogP contribution in [0.1, 0.15) is 31.9 Å². The fourth-order valence-corrected chi connectivity index (χ4v) is 2.40. The molecule has 0 spiro atoms. The molecular weight excluding hydrogens is 219 g/mol. The average molecular weight is 233 g/mol. The zero-order valence-corrected chi connectivity index (χ0v) is 11.0. The number of anilines is 1. The van der Waals surface area contributed by atoms with Crippen molar-refractivity contribution in [1.29, 1.82) is 0 Å². The van der Waals surface area contributed by atoms with Crippen molar-refractivity contribution in [3.63, 3.8) is 0 Å². The molecule has 0 atom stereocenters. The average Bonchev–Trinajstić information content (AvgIpc) is 2.46. The van der Waals surface area contributed by atoms with E-state index in [4.69, 9.17) is 23.5 Å². The van der Waals surface area contributed by atoms with Gasteiger partial charge in [0, 0.05) is 5.69 Å². The van der Waals surface area contributed by atoms with Gasteiger partial charge in [0.2, 0.25) is 5.91 Å². The van der Waals surface area contributed by atoms with Gasteiger partial charge in [-0.3, -0.25) is 4.79 Å². The van der Waals surface area contributed by atoms with Crippen molar-refractivity contribution in [2.24, 2.45) is 0 Å². The van der Waals surface area contributed by atoms with Crippen LogP contribution in [0.25, 0.3) is 0 Å². The van der Waals surface area contributed by atoms with Gasteiger partial charge < -0.3 is 4.90 Å². The molecule has 0 aromatic heterocycles. The molecule has 1 aliphatic heterocycles. The third-order valence-corrected chi connectivity index (χ3v) is 3.51. The van der Waals surface area contributed by atoms with Gasteiger partial charge in [0.15, 0.2) is 0 Å². The first-order valence-corrected chi connectivity index (χ1v) is 6.04. The molecular formula is C13H14B3NO. The summed E-state index contributed by atoms with van der Waals surface area (Å²) >= 11 is 0. The predicted octanol–water partition coefficient (Wildman–Crippen LogP) is 0.990. The standard InChI is InChI=1S/C13H14B3NO/c1-4-8-5-6-9-10(7-8)17(13(14,15)16)11(18)12(9,2)3/h5-7H,4H2,1-3H3. The second-order valence-electron chi connectivity index (χ2n) is 5.36. The van der Waals surface area contributed by atoms with Crippen molar-refractivity contribution >= 4 is 35.1 Å². The van der Waals surface area contributed by atoms with Crippen LogP contribution in [0.15, 0.2) is 18.2 Å². The van der Waals surface area contributed by atoms with Crippen molar-refractivity contribution in [3.05, 3.63) is 29.3 Å². The number of hydrogen-bond acceptors (Lipinski definition) is 1. The summed E-state index contributed by atoms with van der Waals surface area (Å²) in [4.78, 5) is 13.7. The van der Waals surface area contributed by atoms with Crippen LogP contribution < -0.4 is 4.90 Å². The molecule has 1 aromatic rings. The number of fused-ring (bicyclic) bond motifs is 1. The molecule has 0 unspecified atom stereocenters. The van der Waals surface area contributed by atoms with Crippen molar-refractivity contribution in [3.8, 4) is 0 Å². The van der Waals surface area contributed by atoms with Gasteiger partial charge in [0.1, 0.15) is 0 Å². The van der Waals surface area contributed by atoms with Gasteiger partial charge in [0.25, 0.3) is 0 Å². The first-order valence-electron chi connectivity index (χ1n) is 6.04. The van der Waals surface area contributed by atoms with Crippen LogP contribution >= 0.6 is 0 Å². The van der Waals surface area contributed by atoms with Crippen LogP contribution in [0.3, 0.4) is 0 Å². The fourth-order valence-electron chi connectivity index (χ4n) is 2.40. The highest BCUT2D eigenvalue weighted by molar-refractivity contribution is 6.62. The van der Waals surface area contributed by atoms with Crippen molar-refractivity contribution < 1.29 is 4.79 Å². The van der Waals surface area contributed by atoms with Gasteiger partial charge in [-0.05, 0) is 37.5 Å². The predicted molar refractivity (Wildman–Crippen MR) is 76.3 cm³/mol. The number of carbonyl (C=O) groups is 1. The first-order chi connectivity index (χ1) is 8.19. The summed E-state index contributed by atoms with van der Waals surface area (Å²) in [6, 6.07) is 5.91. The van der Waals surface area contributed by atoms with E-state index in [0.29, 0.717) is 0 Å². The zero-order valence-electron chi connectivity index (χ0n) is 11.0. The quantitative estimate of drug-likeness (QED) is 0.697. The van der Waals surface area contributed by atoms with Crippen molar-refractivity contribution in [1.82, 2.24) is 0 Å². The van der Waals surface area contributed by atoms with Crippen LogP contribution in [-0.4, -0.2) is 34.7 Å². The maximum Gasteiger partial charge on any atom is 0.235 e. The summed E-state index contributed by atoms with van der Waals surface area (Å²) in [5.41, 5.74) is 2.10. The number of aryl methyl sites for hydroxylation is 1. The van der Waals surface area contributed by atoms with Gasteiger partial charge >= 0.3 is 0 Å². The van der Waals surface area contributed by atoms with E-state index in [1.165, 1.54) is 4.90 Å². The Balaban J connectivity index is 2.66. The Hall–Kier alpha value is -1.12. The van der Waals surface area contributed by atoms with E-state index in [9.17, 15) is 4.79 Å². The smallest absolute Gasteiger partial charge is 0.235 e. The second kappa shape index (κ2) is 3.94. The minimum Gasteiger partial charge on any atom is -0.331 e. The summed E-state index contributed by atoms with van der Waals surface area (Å²) in [6.07, 6.45) is 0.877. The van der Waals surface area contributed by atoms with Crippen molar-refractivity contribution in [2.45, 2.75) is 37.8 Å². The molecule has 1 aliphatic rings. The van der Waals surface area contributed by atoms with Gasteiger partial charge in [-0.2, -0.15) is 0 Å². The third-order valence-electron chi connectivity index (χ3n) is 3.51. The Morgan fingerprint density at radius 1 is 1.28 bits per heavy atom. The van der Waals surface area contributed by atoms with E-state index >= 15 is 0 Å². The monoisotopic (exact) mass is 233 g/mol. The molecule has 2 rings (SSSR count). The van der Waals surface area contributed by atoms with E-state index in [-0.39, 0.29) is 5.91 Å². The number of benzene rings is 1. The molecule has 0 bridgehead atoms. The topological polar surface area (TPSA) is 20.3 Å². The molecule has 5 heteroatoms. The van der Waals surface area contributed by atoms with E-state index in [1.54, 1.807) is 0 Å². The molecule has 1 aromatic carbocycles. The third kappa shape index (κ3) is 1.80. The van der Waals surface area contributed by atoms with Gasteiger partial charge in [-0.15, -0.1) is 0 Å². The first kappa shape index (κ1) is 13.3. The van der Waals surface area contributed by atoms with Gasteiger partial charge in [-0.25, -0.2) is 0 Å². The Kier molecular flexibility index (Phi) is 2.92. The highest BCUT2D eigenvalue weighted by Crippen LogP contribution is 2.43. The number of hydrogen-bond donors (Lipinski definition) is 0. The molecule has 18 heavy (non-hydrogen) atoms. The molecule has 0 saturated carbocycles. The lowest BCUT2D eigenvalue weighted by molar-refractivity contribution is -0.122. The Morgan fingerprint density at radius 3 is 2.39 bits per heavy atom. The van der Waals surface area contributed by atoms with Crippen LogP contribution in [0.2, 0.25) is 0 Å². The summed E-state index contributed by atoms with van der Waals surface area (Å²) in [7, 11) is 17.2. The molecule has 2 nitrogen and oxygen atoms in total. The molecule has 0 fully saturated rings. The maximum atomic E-state index is 12.4. The largest absolute Gasteiger partial charge is 0.331 e. The highest BCUT2D eigenvalue weighted by Gasteiger charge is 2.46. The van der Waals surface area contributed by atoms with E-state index < -0.39 is 10.7 Å². The fraction of sp³-hybridized carbons (Fsp3) is 0.462. The minimum absolute atomic E-state index is 0.168. The number of rotatable bonds is 2. The summed E-state index contributed by atoms with van der Waals surface area (Å²) in [5, 5.41) is -1.67. The van der Waals surface area contributed by atoms with Crippen LogP contribution in [0.4, 0.5) is 5.69 Å². The van der Waals surface area contributed by atoms with Crippen molar-refractivity contribution in [2.75, 3.05) is 4.90 Å². The Labute approximate surface area is 112 Å². The van der Waals surface area contributed by atoms with E-state index in [1.807, 2.05) is 32.0 Å². The molecule has 1 amide bonds. The van der Waals surface area contributed by atoms with Crippen LogP contribution in [0.5, 0.6) is 0 Å².